The molecule has 0 amide bonds. The van der Waals surface area contributed by atoms with Crippen LogP contribution in [0.4, 0.5) is 11.6 Å². The quantitative estimate of drug-likeness (QED) is 0.603. The molecule has 3 aromatic heterocycles. The number of aromatic carboxylic acids is 1. The predicted octanol–water partition coefficient (Wildman–Crippen LogP) is 3.03. The Morgan fingerprint density at radius 3 is 2.92 bits per heavy atom. The lowest BCUT2D eigenvalue weighted by molar-refractivity contribution is 0.0689. The summed E-state index contributed by atoms with van der Waals surface area (Å²) in [5.74, 6) is -0.677. The fourth-order valence-electron chi connectivity index (χ4n) is 2.66. The third kappa shape index (κ3) is 2.23. The summed E-state index contributed by atoms with van der Waals surface area (Å²) in [6.07, 6.45) is 4.60. The smallest absolute Gasteiger partial charge is 0.354 e. The molecule has 0 unspecified atom stereocenters. The van der Waals surface area contributed by atoms with Crippen molar-refractivity contribution in [2.24, 2.45) is 0 Å². The Morgan fingerprint density at radius 1 is 1.25 bits per heavy atom. The van der Waals surface area contributed by atoms with E-state index in [-0.39, 0.29) is 5.69 Å². The van der Waals surface area contributed by atoms with Crippen LogP contribution < -0.4 is 5.32 Å². The second kappa shape index (κ2) is 5.31. The van der Waals surface area contributed by atoms with Crippen LogP contribution in [0.1, 0.15) is 16.1 Å². The number of rotatable bonds is 3. The Labute approximate surface area is 136 Å². The minimum atomic E-state index is -1.07. The second-order valence-electron chi connectivity index (χ2n) is 5.43. The first kappa shape index (κ1) is 14.1. The lowest BCUT2D eigenvalue weighted by atomic mass is 10.2. The van der Waals surface area contributed by atoms with Crippen LogP contribution in [-0.2, 0) is 0 Å². The fraction of sp³-hybridized carbons (Fsp3) is 0.0588. The molecule has 4 aromatic rings. The molecule has 1 aromatic carbocycles. The van der Waals surface area contributed by atoms with Crippen molar-refractivity contribution in [2.45, 2.75) is 6.92 Å². The van der Waals surface area contributed by atoms with Crippen molar-refractivity contribution in [3.05, 3.63) is 60.2 Å². The zero-order valence-corrected chi connectivity index (χ0v) is 12.8. The highest BCUT2D eigenvalue weighted by Crippen LogP contribution is 2.24. The highest BCUT2D eigenvalue weighted by Gasteiger charge is 2.17. The molecular formula is C17H13N5O2. The van der Waals surface area contributed by atoms with E-state index in [1.165, 1.54) is 10.6 Å². The van der Waals surface area contributed by atoms with E-state index >= 15 is 0 Å². The SMILES string of the molecule is Cc1cccc(Nc2nc3ccncc3c3ncc(C(=O)O)n23)c1. The van der Waals surface area contributed by atoms with E-state index in [0.29, 0.717) is 22.5 Å². The van der Waals surface area contributed by atoms with Crippen molar-refractivity contribution < 1.29 is 9.90 Å². The molecule has 2 N–H and O–H groups in total. The number of carboxylic acid groups (broad SMARTS) is 1. The van der Waals surface area contributed by atoms with E-state index in [9.17, 15) is 9.90 Å². The van der Waals surface area contributed by atoms with Gasteiger partial charge in [-0.25, -0.2) is 14.8 Å². The summed E-state index contributed by atoms with van der Waals surface area (Å²) in [5, 5.41) is 13.3. The van der Waals surface area contributed by atoms with Crippen LogP contribution in [0, 0.1) is 6.92 Å². The Kier molecular flexibility index (Phi) is 3.13. The maximum Gasteiger partial charge on any atom is 0.354 e. The monoisotopic (exact) mass is 319 g/mol. The minimum absolute atomic E-state index is 0.0402. The second-order valence-corrected chi connectivity index (χ2v) is 5.43. The van der Waals surface area contributed by atoms with E-state index < -0.39 is 5.97 Å². The number of hydrogen-bond donors (Lipinski definition) is 2. The summed E-state index contributed by atoms with van der Waals surface area (Å²) in [5.41, 5.74) is 3.14. The molecule has 24 heavy (non-hydrogen) atoms. The average molecular weight is 319 g/mol. The van der Waals surface area contributed by atoms with Gasteiger partial charge in [0.1, 0.15) is 0 Å². The first-order valence-corrected chi connectivity index (χ1v) is 7.31. The van der Waals surface area contributed by atoms with Gasteiger partial charge in [-0.2, -0.15) is 0 Å². The molecule has 0 aliphatic heterocycles. The summed E-state index contributed by atoms with van der Waals surface area (Å²) in [4.78, 5) is 24.4. The van der Waals surface area contributed by atoms with Gasteiger partial charge >= 0.3 is 5.97 Å². The van der Waals surface area contributed by atoms with Gasteiger partial charge in [0.25, 0.3) is 0 Å². The lowest BCUT2D eigenvalue weighted by Crippen LogP contribution is -2.08. The zero-order valence-electron chi connectivity index (χ0n) is 12.8. The zero-order chi connectivity index (χ0) is 16.7. The molecular weight excluding hydrogens is 306 g/mol. The van der Waals surface area contributed by atoms with Gasteiger partial charge in [0.2, 0.25) is 5.95 Å². The number of nitrogens with one attached hydrogen (secondary N) is 1. The molecule has 0 saturated heterocycles. The number of aromatic nitrogens is 4. The Hall–Kier alpha value is -3.48. The summed E-state index contributed by atoms with van der Waals surface area (Å²) >= 11 is 0. The molecule has 7 nitrogen and oxygen atoms in total. The summed E-state index contributed by atoms with van der Waals surface area (Å²) in [7, 11) is 0. The lowest BCUT2D eigenvalue weighted by Gasteiger charge is -2.11. The van der Waals surface area contributed by atoms with Crippen LogP contribution in [0.15, 0.2) is 48.9 Å². The number of carboxylic acids is 1. The molecule has 0 bridgehead atoms. The molecule has 4 rings (SSSR count). The van der Waals surface area contributed by atoms with Gasteiger partial charge in [0.05, 0.1) is 17.1 Å². The van der Waals surface area contributed by atoms with E-state index in [1.54, 1.807) is 18.5 Å². The molecule has 0 saturated carbocycles. The van der Waals surface area contributed by atoms with Gasteiger partial charge in [-0.15, -0.1) is 0 Å². The number of anilines is 2. The molecule has 3 heterocycles. The summed E-state index contributed by atoms with van der Waals surface area (Å²) in [6, 6.07) is 9.54. The van der Waals surface area contributed by atoms with Gasteiger partial charge in [-0.3, -0.25) is 9.38 Å². The highest BCUT2D eigenvalue weighted by molar-refractivity contribution is 5.95. The molecule has 0 aliphatic carbocycles. The fourth-order valence-corrected chi connectivity index (χ4v) is 2.66. The van der Waals surface area contributed by atoms with E-state index in [2.05, 4.69) is 20.3 Å². The van der Waals surface area contributed by atoms with Crippen LogP contribution in [-0.4, -0.2) is 30.4 Å². The number of benzene rings is 1. The maximum absolute atomic E-state index is 11.5. The van der Waals surface area contributed by atoms with Gasteiger partial charge in [0.15, 0.2) is 11.3 Å². The number of pyridine rings is 1. The molecule has 0 atom stereocenters. The van der Waals surface area contributed by atoms with Gasteiger partial charge in [0, 0.05) is 18.1 Å². The van der Waals surface area contributed by atoms with Crippen LogP contribution in [0.5, 0.6) is 0 Å². The molecule has 118 valence electrons. The van der Waals surface area contributed by atoms with Crippen LogP contribution in [0.25, 0.3) is 16.6 Å². The first-order chi connectivity index (χ1) is 11.6. The normalized spacial score (nSPS) is 11.0. The summed E-state index contributed by atoms with van der Waals surface area (Å²) < 4.78 is 1.49. The van der Waals surface area contributed by atoms with E-state index in [1.807, 2.05) is 31.2 Å². The maximum atomic E-state index is 11.5. The first-order valence-electron chi connectivity index (χ1n) is 7.31. The van der Waals surface area contributed by atoms with Gasteiger partial charge < -0.3 is 10.4 Å². The average Bonchev–Trinajstić information content (AvgIpc) is 3.01. The summed E-state index contributed by atoms with van der Waals surface area (Å²) in [6.45, 7) is 1.99. The molecule has 0 spiro atoms. The minimum Gasteiger partial charge on any atom is -0.477 e. The standard InChI is InChI=1S/C17H13N5O2/c1-10-3-2-4-11(7-10)20-17-21-13-5-6-18-8-12(13)15-19-9-14(16(23)24)22(15)17/h2-9H,1H3,(H,20,21)(H,23,24). The van der Waals surface area contributed by atoms with Crippen LogP contribution in [0.3, 0.4) is 0 Å². The number of aryl methyl sites for hydroxylation is 1. The Morgan fingerprint density at radius 2 is 2.12 bits per heavy atom. The van der Waals surface area contributed by atoms with E-state index in [4.69, 9.17) is 0 Å². The van der Waals surface area contributed by atoms with Crippen molar-refractivity contribution in [1.29, 1.82) is 0 Å². The van der Waals surface area contributed by atoms with Crippen molar-refractivity contribution in [3.63, 3.8) is 0 Å². The number of carbonyl (C=O) groups is 1. The molecule has 0 fully saturated rings. The van der Waals surface area contributed by atoms with Crippen molar-refractivity contribution in [1.82, 2.24) is 19.4 Å². The third-order valence-electron chi connectivity index (χ3n) is 3.73. The largest absolute Gasteiger partial charge is 0.477 e. The van der Waals surface area contributed by atoms with Gasteiger partial charge in [-0.05, 0) is 30.7 Å². The van der Waals surface area contributed by atoms with Crippen LogP contribution in [0.2, 0.25) is 0 Å². The van der Waals surface area contributed by atoms with Crippen molar-refractivity contribution in [3.8, 4) is 0 Å². The Balaban J connectivity index is 2.00. The van der Waals surface area contributed by atoms with Crippen molar-refractivity contribution in [2.75, 3.05) is 5.32 Å². The molecule has 0 radical (unpaired) electrons. The van der Waals surface area contributed by atoms with Crippen molar-refractivity contribution >= 4 is 34.2 Å². The third-order valence-corrected chi connectivity index (χ3v) is 3.73. The van der Waals surface area contributed by atoms with E-state index in [0.717, 1.165) is 11.3 Å². The number of nitrogens with zero attached hydrogens (tertiary/aromatic N) is 4. The highest BCUT2D eigenvalue weighted by atomic mass is 16.4. The number of hydrogen-bond acceptors (Lipinski definition) is 5. The molecule has 0 aliphatic rings. The van der Waals surface area contributed by atoms with Gasteiger partial charge in [-0.1, -0.05) is 12.1 Å². The number of imidazole rings is 1. The topological polar surface area (TPSA) is 92.4 Å². The predicted molar refractivity (Wildman–Crippen MR) is 89.7 cm³/mol. The van der Waals surface area contributed by atoms with Crippen LogP contribution >= 0.6 is 0 Å². The number of fused-ring (bicyclic) bond motifs is 3. The Bertz CT molecular complexity index is 1090. The molecule has 7 heteroatoms.